The van der Waals surface area contributed by atoms with Crippen molar-refractivity contribution in [1.29, 1.82) is 5.26 Å². The van der Waals surface area contributed by atoms with E-state index in [9.17, 15) is 19.6 Å². The third-order valence-electron chi connectivity index (χ3n) is 8.89. The molecule has 2 aliphatic heterocycles. The van der Waals surface area contributed by atoms with Gasteiger partial charge in [0.05, 0.1) is 4.91 Å². The van der Waals surface area contributed by atoms with E-state index in [1.165, 1.54) is 17.3 Å². The van der Waals surface area contributed by atoms with Crippen LogP contribution in [0.1, 0.15) is 93.4 Å². The minimum absolute atomic E-state index is 0.119. The second-order valence-electron chi connectivity index (χ2n) is 12.4. The number of piperazine rings is 1. The first-order chi connectivity index (χ1) is 22.7. The molecule has 9 nitrogen and oxygen atoms in total. The van der Waals surface area contributed by atoms with E-state index in [4.69, 9.17) is 17.3 Å². The summed E-state index contributed by atoms with van der Waals surface area (Å²) in [6.07, 6.45) is 10.7. The Hall–Kier alpha value is -3.46. The molecule has 1 aromatic heterocycles. The molecule has 1 N–H and O–H groups in total. The maximum atomic E-state index is 13.6. The number of thiocarbonyl (C=S) groups is 1. The molecule has 2 fully saturated rings. The SMILES string of the molecule is CCCn1c(N2CCN(Cc3ccccc3)CC2)c(/C=C2/SC(=S)N(CCCCCCCCCCC(=O)O)C2=O)c(C)c(C#N)c1=O. The van der Waals surface area contributed by atoms with Crippen molar-refractivity contribution >= 4 is 52.1 Å². The molecule has 3 heterocycles. The number of nitrogens with zero attached hydrogens (tertiary/aromatic N) is 5. The average Bonchev–Trinajstić information content (AvgIpc) is 3.32. The fourth-order valence-electron chi connectivity index (χ4n) is 6.31. The van der Waals surface area contributed by atoms with E-state index in [0.717, 1.165) is 102 Å². The van der Waals surface area contributed by atoms with Crippen LogP contribution in [0.4, 0.5) is 5.82 Å². The minimum atomic E-state index is -0.730. The van der Waals surface area contributed by atoms with E-state index in [2.05, 4.69) is 40.1 Å². The molecule has 0 atom stereocenters. The van der Waals surface area contributed by atoms with Gasteiger partial charge >= 0.3 is 5.97 Å². The first-order valence-electron chi connectivity index (χ1n) is 16.9. The molecule has 0 bridgehead atoms. The molecule has 0 saturated carbocycles. The first kappa shape index (κ1) is 36.4. The van der Waals surface area contributed by atoms with E-state index in [1.54, 1.807) is 9.47 Å². The second kappa shape index (κ2) is 18.2. The molecule has 0 aliphatic carbocycles. The van der Waals surface area contributed by atoms with E-state index in [1.807, 2.05) is 26.0 Å². The number of unbranched alkanes of at least 4 members (excludes halogenated alkanes) is 7. The lowest BCUT2D eigenvalue weighted by molar-refractivity contribution is -0.137. The monoisotopic (exact) mass is 677 g/mol. The summed E-state index contributed by atoms with van der Waals surface area (Å²) < 4.78 is 2.27. The predicted octanol–water partition coefficient (Wildman–Crippen LogP) is 6.56. The highest BCUT2D eigenvalue weighted by Gasteiger charge is 2.33. The van der Waals surface area contributed by atoms with Gasteiger partial charge < -0.3 is 10.0 Å². The van der Waals surface area contributed by atoms with Gasteiger partial charge in [-0.1, -0.05) is 99.8 Å². The summed E-state index contributed by atoms with van der Waals surface area (Å²) >= 11 is 6.94. The van der Waals surface area contributed by atoms with E-state index in [-0.39, 0.29) is 23.5 Å². The largest absolute Gasteiger partial charge is 0.481 e. The summed E-state index contributed by atoms with van der Waals surface area (Å²) in [7, 11) is 0. The molecule has 0 radical (unpaired) electrons. The van der Waals surface area contributed by atoms with Gasteiger partial charge in [0.1, 0.15) is 21.8 Å². The zero-order valence-corrected chi connectivity index (χ0v) is 29.3. The van der Waals surface area contributed by atoms with Gasteiger partial charge in [0.2, 0.25) is 0 Å². The average molecular weight is 678 g/mol. The Morgan fingerprint density at radius 2 is 1.62 bits per heavy atom. The summed E-state index contributed by atoms with van der Waals surface area (Å²) in [4.78, 5) is 44.7. The van der Waals surface area contributed by atoms with Gasteiger partial charge in [-0.15, -0.1) is 0 Å². The number of hydrogen-bond acceptors (Lipinski definition) is 8. The molecule has 1 aromatic carbocycles. The Morgan fingerprint density at radius 3 is 2.23 bits per heavy atom. The molecule has 2 saturated heterocycles. The molecule has 4 rings (SSSR count). The van der Waals surface area contributed by atoms with Crippen LogP contribution in [0.15, 0.2) is 40.0 Å². The number of anilines is 1. The molecule has 0 spiro atoms. The quantitative estimate of drug-likeness (QED) is 0.113. The van der Waals surface area contributed by atoms with E-state index >= 15 is 0 Å². The highest BCUT2D eigenvalue weighted by atomic mass is 32.2. The normalized spacial score (nSPS) is 16.3. The third kappa shape index (κ3) is 9.78. The number of carboxylic acid groups (broad SMARTS) is 1. The number of thioether (sulfide) groups is 1. The molecular weight excluding hydrogens is 631 g/mol. The molecule has 2 aromatic rings. The van der Waals surface area contributed by atoms with Crippen molar-refractivity contribution in [1.82, 2.24) is 14.4 Å². The molecule has 252 valence electrons. The van der Waals surface area contributed by atoms with E-state index in [0.29, 0.717) is 27.9 Å². The van der Waals surface area contributed by atoms with Crippen LogP contribution in [0.5, 0.6) is 0 Å². The zero-order valence-electron chi connectivity index (χ0n) is 27.7. The van der Waals surface area contributed by atoms with Crippen LogP contribution in [0.2, 0.25) is 0 Å². The van der Waals surface area contributed by atoms with Crippen LogP contribution in [-0.4, -0.2) is 68.4 Å². The lowest BCUT2D eigenvalue weighted by Crippen LogP contribution is -2.48. The Labute approximate surface area is 288 Å². The van der Waals surface area contributed by atoms with Crippen molar-refractivity contribution in [2.45, 2.75) is 91.1 Å². The van der Waals surface area contributed by atoms with Crippen molar-refractivity contribution in [2.24, 2.45) is 0 Å². The number of carbonyl (C=O) groups excluding carboxylic acids is 1. The standard InChI is InChI=1S/C36H47N5O4S2/c1-3-18-40-33(39-22-20-38(21-23-39)26-28-15-11-10-12-16-28)29(27(2)30(25-37)34(40)44)24-31-35(45)41(36(46)47-31)19-14-9-7-5-4-6-8-13-17-32(42)43/h10-12,15-16,24H,3-9,13-14,17-23,26H2,1-2H3,(H,42,43)/b31-24+. The number of nitriles is 1. The van der Waals surface area contributed by atoms with Crippen LogP contribution < -0.4 is 10.5 Å². The Balaban J connectivity index is 1.46. The summed E-state index contributed by atoms with van der Waals surface area (Å²) in [5.41, 5.74) is 2.45. The number of rotatable bonds is 17. The molecule has 0 unspecified atom stereocenters. The van der Waals surface area contributed by atoms with Crippen molar-refractivity contribution in [3.8, 4) is 6.07 Å². The number of carboxylic acids is 1. The Morgan fingerprint density at radius 1 is 0.979 bits per heavy atom. The van der Waals surface area contributed by atoms with Crippen molar-refractivity contribution < 1.29 is 14.7 Å². The molecule has 11 heteroatoms. The Kier molecular flexibility index (Phi) is 14.1. The first-order valence-corrected chi connectivity index (χ1v) is 18.1. The number of aliphatic carboxylic acids is 1. The fourth-order valence-corrected chi connectivity index (χ4v) is 7.60. The summed E-state index contributed by atoms with van der Waals surface area (Å²) in [5.74, 6) is -0.0732. The van der Waals surface area contributed by atoms with Gasteiger partial charge in [-0.25, -0.2) is 0 Å². The summed E-state index contributed by atoms with van der Waals surface area (Å²) in [5, 5.41) is 18.7. The van der Waals surface area contributed by atoms with Crippen LogP contribution >= 0.6 is 24.0 Å². The topological polar surface area (TPSA) is 110 Å². The van der Waals surface area contributed by atoms with Crippen LogP contribution in [0.25, 0.3) is 6.08 Å². The maximum Gasteiger partial charge on any atom is 0.303 e. The van der Waals surface area contributed by atoms with Gasteiger partial charge in [0, 0.05) is 57.8 Å². The molecule has 1 amide bonds. The highest BCUT2D eigenvalue weighted by Crippen LogP contribution is 2.36. The van der Waals surface area contributed by atoms with Gasteiger partial charge in [-0.3, -0.25) is 28.8 Å². The number of benzene rings is 1. The predicted molar refractivity (Wildman–Crippen MR) is 193 cm³/mol. The van der Waals surface area contributed by atoms with Gasteiger partial charge in [0.25, 0.3) is 11.5 Å². The van der Waals surface area contributed by atoms with Crippen molar-refractivity contribution in [2.75, 3.05) is 37.6 Å². The Bertz CT molecular complexity index is 1540. The lowest BCUT2D eigenvalue weighted by atomic mass is 10.0. The van der Waals surface area contributed by atoms with Crippen LogP contribution in [0, 0.1) is 18.3 Å². The number of hydrogen-bond donors (Lipinski definition) is 1. The summed E-state index contributed by atoms with van der Waals surface area (Å²) in [6.45, 7) is 8.87. The lowest BCUT2D eigenvalue weighted by Gasteiger charge is -2.38. The van der Waals surface area contributed by atoms with Gasteiger partial charge in [-0.2, -0.15) is 5.26 Å². The molecule has 47 heavy (non-hydrogen) atoms. The van der Waals surface area contributed by atoms with Gasteiger partial charge in [0.15, 0.2) is 0 Å². The molecule has 2 aliphatic rings. The number of aromatic nitrogens is 1. The number of pyridine rings is 1. The van der Waals surface area contributed by atoms with Crippen LogP contribution in [0.3, 0.4) is 0 Å². The highest BCUT2D eigenvalue weighted by molar-refractivity contribution is 8.26. The second-order valence-corrected chi connectivity index (χ2v) is 14.0. The summed E-state index contributed by atoms with van der Waals surface area (Å²) in [6, 6.07) is 12.6. The smallest absolute Gasteiger partial charge is 0.303 e. The zero-order chi connectivity index (χ0) is 33.8. The minimum Gasteiger partial charge on any atom is -0.481 e. The van der Waals surface area contributed by atoms with Crippen molar-refractivity contribution in [3.63, 3.8) is 0 Å². The van der Waals surface area contributed by atoms with E-state index < -0.39 is 5.97 Å². The maximum absolute atomic E-state index is 13.6. The van der Waals surface area contributed by atoms with Gasteiger partial charge in [-0.05, 0) is 43.4 Å². The molecular formula is C36H47N5O4S2. The fraction of sp³-hybridized carbons (Fsp3) is 0.528. The van der Waals surface area contributed by atoms with Crippen LogP contribution in [-0.2, 0) is 22.7 Å². The third-order valence-corrected chi connectivity index (χ3v) is 10.3. The number of amides is 1. The number of carbonyl (C=O) groups is 2. The van der Waals surface area contributed by atoms with Crippen molar-refractivity contribution in [3.05, 3.63) is 67.8 Å².